The van der Waals surface area contributed by atoms with Gasteiger partial charge in [0.1, 0.15) is 12.4 Å². The van der Waals surface area contributed by atoms with Crippen LogP contribution in [0, 0.1) is 5.92 Å². The molecule has 0 amide bonds. The van der Waals surface area contributed by atoms with E-state index in [4.69, 9.17) is 4.74 Å². The highest BCUT2D eigenvalue weighted by Gasteiger charge is 2.28. The van der Waals surface area contributed by atoms with Crippen molar-refractivity contribution in [2.75, 3.05) is 39.8 Å². The van der Waals surface area contributed by atoms with Crippen molar-refractivity contribution in [1.82, 2.24) is 14.8 Å². The third-order valence-corrected chi connectivity index (χ3v) is 6.67. The molecule has 1 N–H and O–H groups in total. The molecule has 0 unspecified atom stereocenters. The molecule has 3 aliphatic rings. The minimum Gasteiger partial charge on any atom is -0.489 e. The van der Waals surface area contributed by atoms with Crippen LogP contribution in [0.15, 0.2) is 54.1 Å². The van der Waals surface area contributed by atoms with Crippen LogP contribution in [0.3, 0.4) is 0 Å². The molecule has 29 heavy (non-hydrogen) atoms. The maximum absolute atomic E-state index is 6.18. The predicted octanol–water partition coefficient (Wildman–Crippen LogP) is 4.43. The van der Waals surface area contributed by atoms with Gasteiger partial charge < -0.3 is 14.6 Å². The average molecular weight is 390 g/mol. The Balaban J connectivity index is 1.39. The molecule has 152 valence electrons. The molecule has 2 bridgehead atoms. The van der Waals surface area contributed by atoms with Gasteiger partial charge in [-0.05, 0) is 76.1 Å². The Morgan fingerprint density at radius 1 is 1.07 bits per heavy atom. The van der Waals surface area contributed by atoms with Crippen LogP contribution in [0.2, 0.25) is 0 Å². The van der Waals surface area contributed by atoms with E-state index in [2.05, 4.69) is 63.3 Å². The van der Waals surface area contributed by atoms with Crippen molar-refractivity contribution in [2.45, 2.75) is 25.8 Å². The summed E-state index contributed by atoms with van der Waals surface area (Å²) in [5.74, 6) is 1.76. The minimum absolute atomic E-state index is 0.672. The van der Waals surface area contributed by atoms with Crippen molar-refractivity contribution in [3.05, 3.63) is 54.1 Å². The SMILES string of the molecule is CNCCCn1c2ccccc2c2ccc(OCC=C3CN4CCC3CC4)cc21. The Bertz CT molecular complexity index is 1030. The van der Waals surface area contributed by atoms with Gasteiger partial charge in [0, 0.05) is 35.4 Å². The summed E-state index contributed by atoms with van der Waals surface area (Å²) in [6, 6.07) is 15.3. The number of fused-ring (bicyclic) bond motifs is 6. The summed E-state index contributed by atoms with van der Waals surface area (Å²) in [4.78, 5) is 2.57. The highest BCUT2D eigenvalue weighted by atomic mass is 16.5. The largest absolute Gasteiger partial charge is 0.489 e. The van der Waals surface area contributed by atoms with E-state index >= 15 is 0 Å². The molecule has 1 aromatic heterocycles. The fourth-order valence-corrected chi connectivity index (χ4v) is 5.10. The number of nitrogens with zero attached hydrogens (tertiary/aromatic N) is 2. The van der Waals surface area contributed by atoms with Gasteiger partial charge in [-0.25, -0.2) is 0 Å². The summed E-state index contributed by atoms with van der Waals surface area (Å²) in [7, 11) is 2.02. The molecule has 3 aliphatic heterocycles. The first-order valence-electron chi connectivity index (χ1n) is 11.0. The van der Waals surface area contributed by atoms with Gasteiger partial charge >= 0.3 is 0 Å². The van der Waals surface area contributed by atoms with Gasteiger partial charge in [-0.3, -0.25) is 4.90 Å². The normalized spacial score (nSPS) is 22.7. The molecule has 2 aromatic carbocycles. The second kappa shape index (κ2) is 8.21. The fourth-order valence-electron chi connectivity index (χ4n) is 5.10. The number of hydrogen-bond donors (Lipinski definition) is 1. The molecule has 0 aliphatic carbocycles. The van der Waals surface area contributed by atoms with Gasteiger partial charge in [0.2, 0.25) is 0 Å². The molecule has 4 heterocycles. The standard InChI is InChI=1S/C25H31N3O/c1-26-12-4-13-28-24-6-3-2-5-22(24)23-8-7-21(17-25(23)28)29-16-11-20-18-27-14-9-19(20)10-15-27/h2-3,5-8,11,17,19,26H,4,9-10,12-16,18H2,1H3. The number of ether oxygens (including phenoxy) is 1. The molecule has 0 atom stereocenters. The number of benzene rings is 2. The number of aryl methyl sites for hydroxylation is 1. The third-order valence-electron chi connectivity index (χ3n) is 6.67. The summed E-state index contributed by atoms with van der Waals surface area (Å²) < 4.78 is 8.63. The molecule has 0 spiro atoms. The van der Waals surface area contributed by atoms with Crippen molar-refractivity contribution < 1.29 is 4.74 Å². The first-order chi connectivity index (χ1) is 14.3. The first kappa shape index (κ1) is 18.7. The monoisotopic (exact) mass is 389 g/mol. The summed E-state index contributed by atoms with van der Waals surface area (Å²) in [5.41, 5.74) is 4.17. The van der Waals surface area contributed by atoms with Crippen molar-refractivity contribution in [3.63, 3.8) is 0 Å². The van der Waals surface area contributed by atoms with Gasteiger partial charge in [0.25, 0.3) is 0 Å². The van der Waals surface area contributed by atoms with Crippen LogP contribution in [-0.4, -0.2) is 49.3 Å². The van der Waals surface area contributed by atoms with Crippen LogP contribution in [0.5, 0.6) is 5.75 Å². The molecule has 4 heteroatoms. The second-order valence-corrected chi connectivity index (χ2v) is 8.45. The summed E-state index contributed by atoms with van der Waals surface area (Å²) in [6.45, 7) is 6.40. The van der Waals surface area contributed by atoms with E-state index in [-0.39, 0.29) is 0 Å². The summed E-state index contributed by atoms with van der Waals surface area (Å²) in [6.07, 6.45) is 6.09. The lowest BCUT2D eigenvalue weighted by Gasteiger charge is -2.41. The highest BCUT2D eigenvalue weighted by molar-refractivity contribution is 6.08. The van der Waals surface area contributed by atoms with E-state index in [0.29, 0.717) is 6.61 Å². The molecule has 6 rings (SSSR count). The number of aromatic nitrogens is 1. The van der Waals surface area contributed by atoms with Gasteiger partial charge in [0.05, 0.1) is 5.52 Å². The molecule has 0 saturated carbocycles. The lowest BCUT2D eigenvalue weighted by atomic mass is 9.84. The van der Waals surface area contributed by atoms with Crippen molar-refractivity contribution >= 4 is 21.8 Å². The van der Waals surface area contributed by atoms with Crippen molar-refractivity contribution in [2.24, 2.45) is 5.92 Å². The predicted molar refractivity (Wildman–Crippen MR) is 121 cm³/mol. The Morgan fingerprint density at radius 3 is 2.69 bits per heavy atom. The Labute approximate surface area is 173 Å². The van der Waals surface area contributed by atoms with E-state index < -0.39 is 0 Å². The van der Waals surface area contributed by atoms with Crippen LogP contribution in [-0.2, 0) is 6.54 Å². The van der Waals surface area contributed by atoms with E-state index in [1.54, 1.807) is 5.57 Å². The molecule has 3 fully saturated rings. The van der Waals surface area contributed by atoms with Crippen LogP contribution in [0.4, 0.5) is 0 Å². The van der Waals surface area contributed by atoms with E-state index in [0.717, 1.165) is 37.7 Å². The van der Waals surface area contributed by atoms with Gasteiger partial charge in [-0.15, -0.1) is 0 Å². The smallest absolute Gasteiger partial charge is 0.121 e. The van der Waals surface area contributed by atoms with Gasteiger partial charge in [0.15, 0.2) is 0 Å². The molecule has 4 nitrogen and oxygen atoms in total. The quantitative estimate of drug-likeness (QED) is 0.479. The molecule has 3 saturated heterocycles. The average Bonchev–Trinajstić information content (AvgIpc) is 3.08. The Hall–Kier alpha value is -2.30. The number of para-hydroxylation sites is 1. The molecular weight excluding hydrogens is 358 g/mol. The van der Waals surface area contributed by atoms with Crippen LogP contribution >= 0.6 is 0 Å². The third kappa shape index (κ3) is 3.67. The number of rotatable bonds is 7. The van der Waals surface area contributed by atoms with E-state index in [9.17, 15) is 0 Å². The lowest BCUT2D eigenvalue weighted by Crippen LogP contribution is -2.43. The van der Waals surface area contributed by atoms with Gasteiger partial charge in [-0.2, -0.15) is 0 Å². The molecular formula is C25H31N3O. The first-order valence-corrected chi connectivity index (χ1v) is 11.0. The maximum atomic E-state index is 6.18. The van der Waals surface area contributed by atoms with Crippen molar-refractivity contribution in [1.29, 1.82) is 0 Å². The second-order valence-electron chi connectivity index (χ2n) is 8.45. The van der Waals surface area contributed by atoms with E-state index in [1.165, 1.54) is 47.7 Å². The topological polar surface area (TPSA) is 29.4 Å². The fraction of sp³-hybridized carbons (Fsp3) is 0.440. The number of piperidine rings is 3. The molecule has 0 radical (unpaired) electrons. The number of nitrogens with one attached hydrogen (secondary N) is 1. The zero-order chi connectivity index (χ0) is 19.6. The zero-order valence-electron chi connectivity index (χ0n) is 17.4. The Morgan fingerprint density at radius 2 is 1.90 bits per heavy atom. The number of hydrogen-bond acceptors (Lipinski definition) is 3. The lowest BCUT2D eigenvalue weighted by molar-refractivity contribution is 0.160. The van der Waals surface area contributed by atoms with Crippen LogP contribution in [0.25, 0.3) is 21.8 Å². The summed E-state index contributed by atoms with van der Waals surface area (Å²) >= 11 is 0. The molecule has 3 aromatic rings. The minimum atomic E-state index is 0.672. The highest BCUT2D eigenvalue weighted by Crippen LogP contribution is 2.33. The zero-order valence-corrected chi connectivity index (χ0v) is 17.4. The summed E-state index contributed by atoms with van der Waals surface area (Å²) in [5, 5.41) is 5.90. The van der Waals surface area contributed by atoms with Crippen LogP contribution < -0.4 is 10.1 Å². The van der Waals surface area contributed by atoms with Gasteiger partial charge in [-0.1, -0.05) is 23.8 Å². The van der Waals surface area contributed by atoms with E-state index in [1.807, 2.05) is 7.05 Å². The van der Waals surface area contributed by atoms with Crippen LogP contribution in [0.1, 0.15) is 19.3 Å². The maximum Gasteiger partial charge on any atom is 0.121 e. The Kier molecular flexibility index (Phi) is 5.30. The van der Waals surface area contributed by atoms with Crippen molar-refractivity contribution in [3.8, 4) is 5.75 Å².